The summed E-state index contributed by atoms with van der Waals surface area (Å²) in [4.78, 5) is 123. The Labute approximate surface area is 456 Å². The summed E-state index contributed by atoms with van der Waals surface area (Å²) in [6.45, 7) is 2.69. The van der Waals surface area contributed by atoms with E-state index in [4.69, 9.17) is 5.73 Å². The van der Waals surface area contributed by atoms with Gasteiger partial charge in [-0.25, -0.2) is 0 Å². The maximum Gasteiger partial charge on any atom is 0.243 e. The Kier molecular flexibility index (Phi) is 23.1. The summed E-state index contributed by atoms with van der Waals surface area (Å²) in [5.41, 5.74) is 14.8. The number of hydrogen-bond acceptors (Lipinski definition) is 11. The number of nitrogens with one attached hydrogen (secondary N) is 8. The Morgan fingerprint density at radius 1 is 0.462 bits per heavy atom. The van der Waals surface area contributed by atoms with Gasteiger partial charge >= 0.3 is 0 Å². The van der Waals surface area contributed by atoms with E-state index in [-0.39, 0.29) is 42.2 Å². The van der Waals surface area contributed by atoms with Crippen LogP contribution in [0.1, 0.15) is 134 Å². The Morgan fingerprint density at radius 3 is 1.10 bits per heavy atom. The Bertz CT molecular complexity index is 2390. The van der Waals surface area contributed by atoms with Crippen LogP contribution in [0.25, 0.3) is 0 Å². The predicted octanol–water partition coefficient (Wildman–Crippen LogP) is -0.709. The van der Waals surface area contributed by atoms with Crippen LogP contribution in [0.2, 0.25) is 0 Å². The number of carbonyl (C=O) groups excluding carboxylic acids is 9. The van der Waals surface area contributed by atoms with E-state index in [0.29, 0.717) is 127 Å². The number of carbonyl (C=O) groups is 9. The Balaban J connectivity index is 1.09. The molecule has 22 heteroatoms. The third-order valence-corrected chi connectivity index (χ3v) is 16.1. The van der Waals surface area contributed by atoms with Gasteiger partial charge in [0.15, 0.2) is 0 Å². The smallest absolute Gasteiger partial charge is 0.243 e. The van der Waals surface area contributed by atoms with Crippen LogP contribution < -0.4 is 59.7 Å². The molecule has 78 heavy (non-hydrogen) atoms. The van der Waals surface area contributed by atoms with Crippen molar-refractivity contribution in [3.8, 4) is 11.5 Å². The molecule has 8 unspecified atom stereocenters. The summed E-state index contributed by atoms with van der Waals surface area (Å²) in [5.74, 6) is -6.44. The lowest BCUT2D eigenvalue weighted by Gasteiger charge is -2.29. The van der Waals surface area contributed by atoms with E-state index in [1.165, 1.54) is 31.2 Å². The minimum atomic E-state index is -1.12. The van der Waals surface area contributed by atoms with Crippen LogP contribution in [-0.2, 0) is 56.0 Å². The van der Waals surface area contributed by atoms with Gasteiger partial charge in [0.25, 0.3) is 0 Å². The largest absolute Gasteiger partial charge is 0.508 e. The molecule has 4 aliphatic carbocycles. The van der Waals surface area contributed by atoms with Crippen LogP contribution in [0.15, 0.2) is 48.5 Å². The third kappa shape index (κ3) is 17.6. The first-order chi connectivity index (χ1) is 37.4. The molecule has 22 nitrogen and oxygen atoms in total. The average Bonchev–Trinajstić information content (AvgIpc) is 4.26. The van der Waals surface area contributed by atoms with Crippen LogP contribution in [0.4, 0.5) is 0 Å². The average molecular weight is 1090 g/mol. The molecule has 12 atom stereocenters. The molecular weight excluding hydrogens is 1000 g/mol. The first kappa shape index (κ1) is 60.4. The molecule has 0 saturated heterocycles. The summed E-state index contributed by atoms with van der Waals surface area (Å²) in [5, 5.41) is 43.3. The highest BCUT2D eigenvalue weighted by molar-refractivity contribution is 5.93. The molecule has 0 aliphatic heterocycles. The van der Waals surface area contributed by atoms with Crippen molar-refractivity contribution >= 4 is 53.2 Å². The molecule has 4 aliphatic rings. The van der Waals surface area contributed by atoms with Crippen molar-refractivity contribution in [3.05, 3.63) is 59.7 Å². The number of hydrogen-bond donors (Lipinski definition) is 13. The number of quaternary nitrogens is 2. The number of phenols is 2. The molecular formula is C56H85N11O11+2. The molecule has 6 rings (SSSR count). The van der Waals surface area contributed by atoms with E-state index in [0.717, 1.165) is 12.8 Å². The summed E-state index contributed by atoms with van der Waals surface area (Å²) >= 11 is 0. The van der Waals surface area contributed by atoms with Gasteiger partial charge in [0.2, 0.25) is 53.2 Å². The molecule has 0 heterocycles. The summed E-state index contributed by atoms with van der Waals surface area (Å²) in [6, 6.07) is 6.37. The predicted molar refractivity (Wildman–Crippen MR) is 287 cm³/mol. The Hall–Kier alpha value is -6.81. The number of amides is 9. The van der Waals surface area contributed by atoms with Gasteiger partial charge in [-0.1, -0.05) is 49.9 Å². The SMILES string of the molecule is CC(=O)NC1CCCC1C(=O)N[C@@H](CCCC[NH3+])C(=O)NC1CCCC1C(=O)N[C@@H](Cc1ccc(O)cc1)C(=O)NC1CCCC1C(=O)N[C@@H](CCCC[NH3+])C(=O)NC1CCCC1C(=O)N[C@@H](Cc1ccc(O)cc1)C(N)=O. The molecule has 4 saturated carbocycles. The number of aromatic hydroxyl groups is 2. The normalized spacial score (nSPS) is 24.1. The number of nitrogens with two attached hydrogens (primary N) is 1. The van der Waals surface area contributed by atoms with Crippen molar-refractivity contribution in [3.63, 3.8) is 0 Å². The van der Waals surface area contributed by atoms with Gasteiger partial charge < -0.3 is 69.9 Å². The van der Waals surface area contributed by atoms with Crippen LogP contribution in [-0.4, -0.2) is 125 Å². The molecule has 9 amide bonds. The molecule has 2 aromatic rings. The lowest BCUT2D eigenvalue weighted by molar-refractivity contribution is -0.368. The zero-order chi connectivity index (χ0) is 56.3. The molecule has 0 aromatic heterocycles. The lowest BCUT2D eigenvalue weighted by atomic mass is 9.97. The second-order valence-electron chi connectivity index (χ2n) is 21.9. The molecule has 2 aromatic carbocycles. The molecule has 18 N–H and O–H groups in total. The molecule has 428 valence electrons. The minimum absolute atomic E-state index is 0.0215. The van der Waals surface area contributed by atoms with Gasteiger partial charge in [-0.2, -0.15) is 0 Å². The van der Waals surface area contributed by atoms with E-state index in [2.05, 4.69) is 54.0 Å². The second kappa shape index (κ2) is 29.8. The topological polar surface area (TPSA) is 372 Å². The highest BCUT2D eigenvalue weighted by Crippen LogP contribution is 2.31. The maximum absolute atomic E-state index is 14.5. The zero-order valence-corrected chi connectivity index (χ0v) is 45.2. The maximum atomic E-state index is 14.5. The van der Waals surface area contributed by atoms with Gasteiger partial charge in [-0.15, -0.1) is 0 Å². The highest BCUT2D eigenvalue weighted by Gasteiger charge is 2.42. The van der Waals surface area contributed by atoms with Crippen molar-refractivity contribution in [2.75, 3.05) is 13.1 Å². The molecule has 0 bridgehead atoms. The van der Waals surface area contributed by atoms with Crippen molar-refractivity contribution in [1.29, 1.82) is 0 Å². The summed E-state index contributed by atoms with van der Waals surface area (Å²) < 4.78 is 0. The third-order valence-electron chi connectivity index (χ3n) is 16.1. The Morgan fingerprint density at radius 2 is 0.769 bits per heavy atom. The van der Waals surface area contributed by atoms with Crippen LogP contribution >= 0.6 is 0 Å². The lowest BCUT2D eigenvalue weighted by Crippen LogP contribution is -2.57. The van der Waals surface area contributed by atoms with Crippen LogP contribution in [0.3, 0.4) is 0 Å². The summed E-state index contributed by atoms with van der Waals surface area (Å²) in [6.07, 6.45) is 10.1. The van der Waals surface area contributed by atoms with E-state index >= 15 is 0 Å². The van der Waals surface area contributed by atoms with Crippen molar-refractivity contribution < 1.29 is 64.8 Å². The standard InChI is InChI=1S/C56H83N11O11/c1-32(68)60-41-16-6-10-37(41)50(72)64-45(14-2-4-28-57)54(76)62-43-18-9-13-40(43)53(75)67-48(31-34-22-26-36(70)27-23-34)56(78)63-44-19-7-11-38(44)51(73)65-46(15-3-5-29-58)55(77)61-42-17-8-12-39(42)52(74)66-47(49(59)71)30-33-20-24-35(69)25-21-33/h20-27,37-48,69-70H,2-19,28-31,57-58H2,1H3,(H2,59,71)(H,60,68)(H,61,77)(H,62,76)(H,63,78)(H,64,72)(H,65,73)(H,66,74)(H,67,75)/p+2/t37?,38?,39?,40?,41?,42?,43?,44?,45-,46-,47-,48-/m0/s1. The first-order valence-electron chi connectivity index (χ1n) is 28.3. The van der Waals surface area contributed by atoms with Crippen LogP contribution in [0, 0.1) is 23.7 Å². The molecule has 0 spiro atoms. The van der Waals surface area contributed by atoms with Crippen molar-refractivity contribution in [1.82, 2.24) is 42.5 Å². The highest BCUT2D eigenvalue weighted by atomic mass is 16.3. The van der Waals surface area contributed by atoms with E-state index in [1.807, 2.05) is 0 Å². The number of rotatable bonds is 28. The van der Waals surface area contributed by atoms with E-state index in [9.17, 15) is 53.4 Å². The number of benzene rings is 2. The van der Waals surface area contributed by atoms with E-state index < -0.39 is 107 Å². The van der Waals surface area contributed by atoms with Gasteiger partial charge in [-0.3, -0.25) is 43.2 Å². The van der Waals surface area contributed by atoms with Crippen LogP contribution in [0.5, 0.6) is 11.5 Å². The fraction of sp³-hybridized carbons (Fsp3) is 0.625. The number of unbranched alkanes of at least 4 members (excludes halogenated alkanes) is 2. The van der Waals surface area contributed by atoms with Gasteiger partial charge in [-0.05, 0) is 125 Å². The first-order valence-corrected chi connectivity index (χ1v) is 28.3. The quantitative estimate of drug-likeness (QED) is 0.0472. The fourth-order valence-electron chi connectivity index (χ4n) is 11.8. The zero-order valence-electron chi connectivity index (χ0n) is 45.2. The van der Waals surface area contributed by atoms with Gasteiger partial charge in [0, 0.05) is 43.9 Å². The minimum Gasteiger partial charge on any atom is -0.508 e. The van der Waals surface area contributed by atoms with Gasteiger partial charge in [0.1, 0.15) is 35.7 Å². The molecule has 0 radical (unpaired) electrons. The van der Waals surface area contributed by atoms with Crippen molar-refractivity contribution in [2.24, 2.45) is 29.4 Å². The fourth-order valence-corrected chi connectivity index (χ4v) is 11.8. The van der Waals surface area contributed by atoms with Gasteiger partial charge in [0.05, 0.1) is 36.8 Å². The number of primary amides is 1. The monoisotopic (exact) mass is 1090 g/mol. The number of phenolic OH excluding ortho intramolecular Hbond substituents is 2. The van der Waals surface area contributed by atoms with E-state index in [1.54, 1.807) is 24.3 Å². The second-order valence-corrected chi connectivity index (χ2v) is 21.9. The molecule has 4 fully saturated rings. The van der Waals surface area contributed by atoms with Crippen molar-refractivity contribution in [2.45, 2.75) is 184 Å². The summed E-state index contributed by atoms with van der Waals surface area (Å²) in [7, 11) is 0.